The maximum absolute atomic E-state index is 12.0. The van der Waals surface area contributed by atoms with Gasteiger partial charge in [0.1, 0.15) is 5.78 Å². The van der Waals surface area contributed by atoms with Crippen LogP contribution in [0.5, 0.6) is 0 Å². The largest absolute Gasteiger partial charge is 0.381 e. The van der Waals surface area contributed by atoms with Crippen LogP contribution in [0, 0.1) is 17.8 Å². The Balaban J connectivity index is 2.52. The van der Waals surface area contributed by atoms with Gasteiger partial charge >= 0.3 is 0 Å². The van der Waals surface area contributed by atoms with E-state index in [4.69, 9.17) is 10.5 Å². The number of carbonyl (C=O) groups excluding carboxylic acids is 1. The van der Waals surface area contributed by atoms with E-state index in [-0.39, 0.29) is 11.8 Å². The number of ether oxygens (including phenoxy) is 1. The van der Waals surface area contributed by atoms with E-state index in [2.05, 4.69) is 13.8 Å². The van der Waals surface area contributed by atoms with Crippen LogP contribution in [-0.4, -0.2) is 25.5 Å². The first-order valence-corrected chi connectivity index (χ1v) is 5.48. The molecule has 3 nitrogen and oxygen atoms in total. The van der Waals surface area contributed by atoms with Crippen molar-refractivity contribution in [1.29, 1.82) is 0 Å². The van der Waals surface area contributed by atoms with Crippen molar-refractivity contribution in [1.82, 2.24) is 0 Å². The van der Waals surface area contributed by atoms with Crippen molar-refractivity contribution in [2.24, 2.45) is 23.5 Å². The van der Waals surface area contributed by atoms with Gasteiger partial charge in [-0.15, -0.1) is 0 Å². The van der Waals surface area contributed by atoms with Gasteiger partial charge in [0.25, 0.3) is 0 Å². The Morgan fingerprint density at radius 2 is 2.29 bits per heavy atom. The van der Waals surface area contributed by atoms with E-state index in [1.807, 2.05) is 0 Å². The fourth-order valence-corrected chi connectivity index (χ4v) is 1.98. The molecule has 1 aliphatic rings. The Morgan fingerprint density at radius 1 is 1.57 bits per heavy atom. The SMILES string of the molecule is CC(C)C(CN)C(=O)C1CCCOC1. The molecule has 82 valence electrons. The lowest BCUT2D eigenvalue weighted by Gasteiger charge is -2.26. The second kappa shape index (κ2) is 5.47. The minimum atomic E-state index is 0.0155. The first-order valence-electron chi connectivity index (χ1n) is 5.48. The van der Waals surface area contributed by atoms with Gasteiger partial charge in [0.2, 0.25) is 0 Å². The Morgan fingerprint density at radius 3 is 2.71 bits per heavy atom. The zero-order valence-electron chi connectivity index (χ0n) is 9.16. The molecule has 1 saturated heterocycles. The highest BCUT2D eigenvalue weighted by Gasteiger charge is 2.29. The van der Waals surface area contributed by atoms with Crippen molar-refractivity contribution in [2.45, 2.75) is 26.7 Å². The molecular formula is C11H21NO2. The summed E-state index contributed by atoms with van der Waals surface area (Å²) >= 11 is 0. The monoisotopic (exact) mass is 199 g/mol. The van der Waals surface area contributed by atoms with Gasteiger partial charge in [-0.05, 0) is 18.8 Å². The normalized spacial score (nSPS) is 25.0. The average molecular weight is 199 g/mol. The zero-order valence-corrected chi connectivity index (χ0v) is 9.16. The summed E-state index contributed by atoms with van der Waals surface area (Å²) in [5.41, 5.74) is 5.62. The summed E-state index contributed by atoms with van der Waals surface area (Å²) in [6.45, 7) is 5.98. The topological polar surface area (TPSA) is 52.3 Å². The molecule has 0 aliphatic carbocycles. The summed E-state index contributed by atoms with van der Waals surface area (Å²) in [7, 11) is 0. The fraction of sp³-hybridized carbons (Fsp3) is 0.909. The number of rotatable bonds is 4. The molecule has 14 heavy (non-hydrogen) atoms. The summed E-state index contributed by atoms with van der Waals surface area (Å²) in [4.78, 5) is 12.0. The molecule has 0 aromatic carbocycles. The molecule has 1 fully saturated rings. The van der Waals surface area contributed by atoms with Crippen molar-refractivity contribution in [3.05, 3.63) is 0 Å². The van der Waals surface area contributed by atoms with E-state index in [9.17, 15) is 4.79 Å². The van der Waals surface area contributed by atoms with Crippen molar-refractivity contribution in [3.8, 4) is 0 Å². The standard InChI is InChI=1S/C11H21NO2/c1-8(2)10(6-12)11(13)9-4-3-5-14-7-9/h8-10H,3-7,12H2,1-2H3. The van der Waals surface area contributed by atoms with Gasteiger partial charge in [-0.3, -0.25) is 4.79 Å². The van der Waals surface area contributed by atoms with Crippen LogP contribution in [0.2, 0.25) is 0 Å². The van der Waals surface area contributed by atoms with Crippen LogP contribution in [0.4, 0.5) is 0 Å². The quantitative estimate of drug-likeness (QED) is 0.740. The van der Waals surface area contributed by atoms with Gasteiger partial charge in [0.15, 0.2) is 0 Å². The Bertz CT molecular complexity index is 186. The fourth-order valence-electron chi connectivity index (χ4n) is 1.98. The van der Waals surface area contributed by atoms with Gasteiger partial charge < -0.3 is 10.5 Å². The van der Waals surface area contributed by atoms with Crippen molar-refractivity contribution < 1.29 is 9.53 Å². The number of carbonyl (C=O) groups is 1. The van der Waals surface area contributed by atoms with E-state index in [0.29, 0.717) is 24.9 Å². The number of ketones is 1. The van der Waals surface area contributed by atoms with E-state index >= 15 is 0 Å². The minimum absolute atomic E-state index is 0.0155. The Kier molecular flexibility index (Phi) is 4.55. The molecule has 0 spiro atoms. The second-order valence-electron chi connectivity index (χ2n) is 4.40. The third-order valence-electron chi connectivity index (χ3n) is 2.99. The molecule has 3 heteroatoms. The number of hydrogen-bond acceptors (Lipinski definition) is 3. The van der Waals surface area contributed by atoms with E-state index in [1.54, 1.807) is 0 Å². The Labute approximate surface area is 86.0 Å². The molecule has 0 radical (unpaired) electrons. The van der Waals surface area contributed by atoms with E-state index in [1.165, 1.54) is 0 Å². The predicted molar refractivity (Wildman–Crippen MR) is 55.9 cm³/mol. The van der Waals surface area contributed by atoms with Crippen LogP contribution in [0.3, 0.4) is 0 Å². The maximum atomic E-state index is 12.0. The summed E-state index contributed by atoms with van der Waals surface area (Å²) in [6, 6.07) is 0. The van der Waals surface area contributed by atoms with Gasteiger partial charge in [0, 0.05) is 25.0 Å². The minimum Gasteiger partial charge on any atom is -0.381 e. The molecule has 0 amide bonds. The number of Topliss-reactive ketones (excluding diaryl/α,β-unsaturated/α-hetero) is 1. The number of hydrogen-bond donors (Lipinski definition) is 1. The summed E-state index contributed by atoms with van der Waals surface area (Å²) in [6.07, 6.45) is 1.98. The summed E-state index contributed by atoms with van der Waals surface area (Å²) in [5.74, 6) is 0.762. The summed E-state index contributed by atoms with van der Waals surface area (Å²) < 4.78 is 5.32. The third-order valence-corrected chi connectivity index (χ3v) is 2.99. The van der Waals surface area contributed by atoms with Crippen molar-refractivity contribution in [3.63, 3.8) is 0 Å². The predicted octanol–water partition coefficient (Wildman–Crippen LogP) is 1.21. The average Bonchev–Trinajstić information content (AvgIpc) is 2.19. The second-order valence-corrected chi connectivity index (χ2v) is 4.40. The van der Waals surface area contributed by atoms with Gasteiger partial charge in [-0.1, -0.05) is 13.8 Å². The molecule has 2 unspecified atom stereocenters. The lowest BCUT2D eigenvalue weighted by atomic mass is 9.83. The molecule has 1 aliphatic heterocycles. The molecule has 2 atom stereocenters. The smallest absolute Gasteiger partial charge is 0.142 e. The molecular weight excluding hydrogens is 178 g/mol. The molecule has 0 bridgehead atoms. The molecule has 2 N–H and O–H groups in total. The van der Waals surface area contributed by atoms with Gasteiger partial charge in [-0.25, -0.2) is 0 Å². The molecule has 0 aromatic rings. The highest BCUT2D eigenvalue weighted by molar-refractivity contribution is 5.84. The summed E-state index contributed by atoms with van der Waals surface area (Å²) in [5, 5.41) is 0. The van der Waals surface area contributed by atoms with Crippen LogP contribution >= 0.6 is 0 Å². The van der Waals surface area contributed by atoms with Crippen LogP contribution in [-0.2, 0) is 9.53 Å². The molecule has 1 rings (SSSR count). The number of nitrogens with two attached hydrogens (primary N) is 1. The van der Waals surface area contributed by atoms with E-state index in [0.717, 1.165) is 19.4 Å². The van der Waals surface area contributed by atoms with Crippen LogP contribution in [0.25, 0.3) is 0 Å². The first-order chi connectivity index (χ1) is 6.66. The molecule has 0 saturated carbocycles. The zero-order chi connectivity index (χ0) is 10.6. The molecule has 1 heterocycles. The third kappa shape index (κ3) is 2.79. The Hall–Kier alpha value is -0.410. The highest BCUT2D eigenvalue weighted by atomic mass is 16.5. The van der Waals surface area contributed by atoms with Crippen molar-refractivity contribution in [2.75, 3.05) is 19.8 Å². The van der Waals surface area contributed by atoms with Crippen LogP contribution in [0.1, 0.15) is 26.7 Å². The van der Waals surface area contributed by atoms with Crippen molar-refractivity contribution >= 4 is 5.78 Å². The van der Waals surface area contributed by atoms with Gasteiger partial charge in [-0.2, -0.15) is 0 Å². The van der Waals surface area contributed by atoms with Crippen LogP contribution in [0.15, 0.2) is 0 Å². The lowest BCUT2D eigenvalue weighted by Crippen LogP contribution is -2.36. The maximum Gasteiger partial charge on any atom is 0.142 e. The molecule has 0 aromatic heterocycles. The first kappa shape index (κ1) is 11.7. The van der Waals surface area contributed by atoms with Crippen LogP contribution < -0.4 is 5.73 Å². The van der Waals surface area contributed by atoms with Gasteiger partial charge in [0.05, 0.1) is 6.61 Å². The highest BCUT2D eigenvalue weighted by Crippen LogP contribution is 2.22. The van der Waals surface area contributed by atoms with E-state index < -0.39 is 0 Å². The lowest BCUT2D eigenvalue weighted by molar-refractivity contribution is -0.131.